The normalized spacial score (nSPS) is 10.3. The van der Waals surface area contributed by atoms with Crippen LogP contribution in [-0.4, -0.2) is 31.1 Å². The molecule has 2 aromatic rings. The van der Waals surface area contributed by atoms with Crippen LogP contribution in [0.2, 0.25) is 0 Å². The number of hydrogen-bond donors (Lipinski definition) is 2. The molecule has 0 bridgehead atoms. The fourth-order valence-corrected chi connectivity index (χ4v) is 2.04. The molecule has 2 rings (SSSR count). The first kappa shape index (κ1) is 16.7. The Bertz CT molecular complexity index is 708. The molecule has 1 aromatic heterocycles. The van der Waals surface area contributed by atoms with Gasteiger partial charge in [-0.1, -0.05) is 0 Å². The van der Waals surface area contributed by atoms with Crippen LogP contribution in [0, 0.1) is 18.6 Å². The van der Waals surface area contributed by atoms with Gasteiger partial charge in [-0.15, -0.1) is 0 Å². The van der Waals surface area contributed by atoms with Crippen molar-refractivity contribution in [3.8, 4) is 5.75 Å². The first-order valence-corrected chi connectivity index (χ1v) is 6.99. The number of benzene rings is 1. The zero-order chi connectivity index (χ0) is 16.8. The van der Waals surface area contributed by atoms with Gasteiger partial charge < -0.3 is 15.4 Å². The van der Waals surface area contributed by atoms with Crippen LogP contribution in [0.3, 0.4) is 0 Å². The Morgan fingerprint density at radius 3 is 2.74 bits per heavy atom. The third kappa shape index (κ3) is 3.94. The maximum absolute atomic E-state index is 14.0. The van der Waals surface area contributed by atoms with Crippen molar-refractivity contribution >= 4 is 11.6 Å². The van der Waals surface area contributed by atoms with E-state index in [2.05, 4.69) is 20.4 Å². The maximum Gasteiger partial charge on any atom is 0.254 e. The summed E-state index contributed by atoms with van der Waals surface area (Å²) in [5.74, 6) is -3.06. The van der Waals surface area contributed by atoms with Crippen molar-refractivity contribution in [2.24, 2.45) is 0 Å². The van der Waals surface area contributed by atoms with Crippen molar-refractivity contribution in [3.63, 3.8) is 0 Å². The SMILES string of the molecule is COc1c(F)ccc(C(=O)NCCNc2ccncc2C)c1F. The van der Waals surface area contributed by atoms with E-state index in [1.54, 1.807) is 12.4 Å². The van der Waals surface area contributed by atoms with Crippen molar-refractivity contribution in [3.05, 3.63) is 53.4 Å². The van der Waals surface area contributed by atoms with E-state index in [-0.39, 0.29) is 12.1 Å². The summed E-state index contributed by atoms with van der Waals surface area (Å²) in [6.07, 6.45) is 3.38. The first-order valence-electron chi connectivity index (χ1n) is 6.99. The predicted octanol–water partition coefficient (Wildman–Crippen LogP) is 2.52. The molecule has 122 valence electrons. The van der Waals surface area contributed by atoms with E-state index in [0.717, 1.165) is 30.5 Å². The number of halogens is 2. The molecular formula is C16H17F2N3O2. The second-order valence-electron chi connectivity index (χ2n) is 4.82. The molecular weight excluding hydrogens is 304 g/mol. The smallest absolute Gasteiger partial charge is 0.254 e. The summed E-state index contributed by atoms with van der Waals surface area (Å²) in [6.45, 7) is 2.64. The minimum atomic E-state index is -1.01. The number of anilines is 1. The second-order valence-corrected chi connectivity index (χ2v) is 4.82. The van der Waals surface area contributed by atoms with Crippen molar-refractivity contribution in [2.75, 3.05) is 25.5 Å². The van der Waals surface area contributed by atoms with Gasteiger partial charge in [0, 0.05) is 31.2 Å². The van der Waals surface area contributed by atoms with E-state index in [1.165, 1.54) is 0 Å². The van der Waals surface area contributed by atoms with Gasteiger partial charge in [0.15, 0.2) is 17.4 Å². The second kappa shape index (κ2) is 7.53. The number of nitrogens with zero attached hydrogens (tertiary/aromatic N) is 1. The number of hydrogen-bond acceptors (Lipinski definition) is 4. The first-order chi connectivity index (χ1) is 11.0. The quantitative estimate of drug-likeness (QED) is 0.803. The number of amides is 1. The van der Waals surface area contributed by atoms with Gasteiger partial charge in [0.1, 0.15) is 0 Å². The van der Waals surface area contributed by atoms with Gasteiger partial charge in [-0.25, -0.2) is 8.78 Å². The summed E-state index contributed by atoms with van der Waals surface area (Å²) < 4.78 is 31.9. The van der Waals surface area contributed by atoms with Crippen LogP contribution in [0.15, 0.2) is 30.6 Å². The lowest BCUT2D eigenvalue weighted by Crippen LogP contribution is -2.29. The molecule has 0 unspecified atom stereocenters. The molecule has 0 radical (unpaired) electrons. The fraction of sp³-hybridized carbons (Fsp3) is 0.250. The van der Waals surface area contributed by atoms with Gasteiger partial charge in [0.25, 0.3) is 5.91 Å². The molecule has 0 aliphatic rings. The molecule has 2 N–H and O–H groups in total. The van der Waals surface area contributed by atoms with Crippen molar-refractivity contribution in [2.45, 2.75) is 6.92 Å². The summed E-state index contributed by atoms with van der Waals surface area (Å²) >= 11 is 0. The van der Waals surface area contributed by atoms with E-state index in [0.29, 0.717) is 6.54 Å². The number of aryl methyl sites for hydroxylation is 1. The van der Waals surface area contributed by atoms with Gasteiger partial charge in [0.05, 0.1) is 12.7 Å². The van der Waals surface area contributed by atoms with Crippen LogP contribution >= 0.6 is 0 Å². The zero-order valence-electron chi connectivity index (χ0n) is 12.8. The molecule has 5 nitrogen and oxygen atoms in total. The number of carbonyl (C=O) groups excluding carboxylic acids is 1. The lowest BCUT2D eigenvalue weighted by Gasteiger charge is -2.11. The summed E-state index contributed by atoms with van der Waals surface area (Å²) in [5.41, 5.74) is 1.63. The number of methoxy groups -OCH3 is 1. The van der Waals surface area contributed by atoms with Crippen LogP contribution in [0.4, 0.5) is 14.5 Å². The summed E-state index contributed by atoms with van der Waals surface area (Å²) in [4.78, 5) is 15.9. The molecule has 0 saturated carbocycles. The molecule has 1 heterocycles. The van der Waals surface area contributed by atoms with E-state index < -0.39 is 23.3 Å². The molecule has 23 heavy (non-hydrogen) atoms. The lowest BCUT2D eigenvalue weighted by molar-refractivity contribution is 0.0950. The lowest BCUT2D eigenvalue weighted by atomic mass is 10.1. The average molecular weight is 321 g/mol. The molecule has 0 saturated heterocycles. The average Bonchev–Trinajstić information content (AvgIpc) is 2.53. The number of carbonyl (C=O) groups is 1. The molecule has 0 fully saturated rings. The standard InChI is InChI=1S/C16H17F2N3O2/c1-10-9-19-6-5-13(10)20-7-8-21-16(22)11-3-4-12(17)15(23-2)14(11)18/h3-6,9H,7-8H2,1-2H3,(H,19,20)(H,21,22). The van der Waals surface area contributed by atoms with Crippen molar-refractivity contribution in [1.82, 2.24) is 10.3 Å². The molecule has 0 aliphatic heterocycles. The molecule has 1 aromatic carbocycles. The van der Waals surface area contributed by atoms with Crippen LogP contribution in [-0.2, 0) is 0 Å². The van der Waals surface area contributed by atoms with E-state index in [4.69, 9.17) is 0 Å². The van der Waals surface area contributed by atoms with Crippen molar-refractivity contribution in [1.29, 1.82) is 0 Å². The van der Waals surface area contributed by atoms with Crippen LogP contribution in [0.5, 0.6) is 5.75 Å². The van der Waals surface area contributed by atoms with Gasteiger partial charge in [-0.3, -0.25) is 9.78 Å². The minimum absolute atomic E-state index is 0.261. The third-order valence-electron chi connectivity index (χ3n) is 3.24. The Kier molecular flexibility index (Phi) is 5.46. The monoisotopic (exact) mass is 321 g/mol. The van der Waals surface area contributed by atoms with Gasteiger partial charge in [-0.2, -0.15) is 0 Å². The van der Waals surface area contributed by atoms with Crippen LogP contribution < -0.4 is 15.4 Å². The number of rotatable bonds is 6. The minimum Gasteiger partial charge on any atom is -0.491 e. The Balaban J connectivity index is 1.92. The van der Waals surface area contributed by atoms with Gasteiger partial charge in [-0.05, 0) is 30.7 Å². The number of pyridine rings is 1. The Hall–Kier alpha value is -2.70. The predicted molar refractivity (Wildman–Crippen MR) is 82.7 cm³/mol. The Labute approximate surface area is 132 Å². The Morgan fingerprint density at radius 2 is 2.04 bits per heavy atom. The highest BCUT2D eigenvalue weighted by Crippen LogP contribution is 2.24. The number of ether oxygens (including phenoxy) is 1. The van der Waals surface area contributed by atoms with Crippen molar-refractivity contribution < 1.29 is 18.3 Å². The molecule has 0 atom stereocenters. The molecule has 0 aliphatic carbocycles. The molecule has 0 spiro atoms. The van der Waals surface area contributed by atoms with Crippen LogP contribution in [0.1, 0.15) is 15.9 Å². The number of aromatic nitrogens is 1. The summed E-state index contributed by atoms with van der Waals surface area (Å²) in [7, 11) is 1.14. The van der Waals surface area contributed by atoms with Crippen LogP contribution in [0.25, 0.3) is 0 Å². The zero-order valence-corrected chi connectivity index (χ0v) is 12.8. The molecule has 1 amide bonds. The largest absolute Gasteiger partial charge is 0.491 e. The van der Waals surface area contributed by atoms with E-state index in [1.807, 2.05) is 13.0 Å². The summed E-state index contributed by atoms with van der Waals surface area (Å²) in [6, 6.07) is 3.90. The Morgan fingerprint density at radius 1 is 1.26 bits per heavy atom. The topological polar surface area (TPSA) is 63.2 Å². The van der Waals surface area contributed by atoms with Gasteiger partial charge in [0.2, 0.25) is 0 Å². The molecule has 7 heteroatoms. The van der Waals surface area contributed by atoms with Gasteiger partial charge >= 0.3 is 0 Å². The highest BCUT2D eigenvalue weighted by molar-refractivity contribution is 5.94. The third-order valence-corrected chi connectivity index (χ3v) is 3.24. The fourth-order valence-electron chi connectivity index (χ4n) is 2.04. The maximum atomic E-state index is 14.0. The van der Waals surface area contributed by atoms with E-state index in [9.17, 15) is 13.6 Å². The number of nitrogens with one attached hydrogen (secondary N) is 2. The van der Waals surface area contributed by atoms with E-state index >= 15 is 0 Å². The highest BCUT2D eigenvalue weighted by atomic mass is 19.1. The highest BCUT2D eigenvalue weighted by Gasteiger charge is 2.18. The summed E-state index contributed by atoms with van der Waals surface area (Å²) in [5, 5.41) is 5.70.